The Kier molecular flexibility index (Phi) is 3.13. The van der Waals surface area contributed by atoms with E-state index >= 15 is 0 Å². The molecule has 2 atom stereocenters. The third-order valence-corrected chi connectivity index (χ3v) is 3.74. The van der Waals surface area contributed by atoms with E-state index in [4.69, 9.17) is 0 Å². The van der Waals surface area contributed by atoms with Crippen LogP contribution in [0.1, 0.15) is 40.5 Å². The second-order valence-corrected chi connectivity index (χ2v) is 6.60. The van der Waals surface area contributed by atoms with E-state index in [1.165, 1.54) is 0 Å². The van der Waals surface area contributed by atoms with Gasteiger partial charge in [-0.05, 0) is 47.6 Å². The Bertz CT molecular complexity index is 385. The minimum absolute atomic E-state index is 0.0502. The molecule has 1 saturated heterocycles. The molecular formula is C13H24N4O. The average molecular weight is 252 g/mol. The number of carbonyl (C=O) groups excluding carboxylic acids is 1. The van der Waals surface area contributed by atoms with E-state index in [9.17, 15) is 4.79 Å². The maximum Gasteiger partial charge on any atom is 0.254 e. The number of guanidine groups is 1. The van der Waals surface area contributed by atoms with E-state index in [1.807, 2.05) is 0 Å². The zero-order chi connectivity index (χ0) is 13.6. The van der Waals surface area contributed by atoms with Gasteiger partial charge in [0, 0.05) is 18.1 Å². The van der Waals surface area contributed by atoms with Crippen LogP contribution in [0.15, 0.2) is 4.99 Å². The molecule has 1 fully saturated rings. The molecule has 2 aliphatic rings. The Morgan fingerprint density at radius 3 is 2.72 bits per heavy atom. The summed E-state index contributed by atoms with van der Waals surface area (Å²) in [7, 11) is 2.10. The fourth-order valence-corrected chi connectivity index (χ4v) is 2.57. The van der Waals surface area contributed by atoms with Crippen LogP contribution < -0.4 is 10.6 Å². The lowest BCUT2D eigenvalue weighted by atomic mass is 9.84. The van der Waals surface area contributed by atoms with Gasteiger partial charge in [-0.2, -0.15) is 0 Å². The van der Waals surface area contributed by atoms with E-state index in [-0.39, 0.29) is 11.4 Å². The van der Waals surface area contributed by atoms with Gasteiger partial charge < -0.3 is 10.2 Å². The number of piperidine rings is 1. The van der Waals surface area contributed by atoms with Crippen molar-refractivity contribution in [3.05, 3.63) is 0 Å². The minimum Gasteiger partial charge on any atom is -0.351 e. The summed E-state index contributed by atoms with van der Waals surface area (Å²) in [6.45, 7) is 9.25. The number of likely N-dealkylation sites (tertiary alicyclic amines) is 1. The van der Waals surface area contributed by atoms with Gasteiger partial charge in [0.15, 0.2) is 5.96 Å². The molecule has 1 amide bonds. The van der Waals surface area contributed by atoms with Crippen molar-refractivity contribution in [2.75, 3.05) is 13.6 Å². The van der Waals surface area contributed by atoms with E-state index in [1.54, 1.807) is 0 Å². The first-order valence-corrected chi connectivity index (χ1v) is 6.62. The third-order valence-electron chi connectivity index (χ3n) is 3.74. The SMILES string of the molecule is CC1CC2(CCN1C)N=C(NC(C)(C)C)NC2=O. The maximum absolute atomic E-state index is 12.2. The van der Waals surface area contributed by atoms with Gasteiger partial charge in [0.1, 0.15) is 5.54 Å². The number of nitrogens with one attached hydrogen (secondary N) is 2. The molecule has 1 spiro atoms. The quantitative estimate of drug-likeness (QED) is 0.668. The predicted octanol–water partition coefficient (Wildman–Crippen LogP) is 0.713. The van der Waals surface area contributed by atoms with Gasteiger partial charge in [-0.25, -0.2) is 4.99 Å². The predicted molar refractivity (Wildman–Crippen MR) is 72.5 cm³/mol. The molecule has 0 aromatic heterocycles. The van der Waals surface area contributed by atoms with E-state index in [0.29, 0.717) is 12.0 Å². The first-order chi connectivity index (χ1) is 8.22. The number of nitrogens with zero attached hydrogens (tertiary/aromatic N) is 2. The van der Waals surface area contributed by atoms with Crippen LogP contribution in [0.4, 0.5) is 0 Å². The number of carbonyl (C=O) groups is 1. The number of amides is 1. The molecule has 0 radical (unpaired) electrons. The smallest absolute Gasteiger partial charge is 0.254 e. The minimum atomic E-state index is -0.542. The summed E-state index contributed by atoms with van der Waals surface area (Å²) in [6, 6.07) is 0.391. The van der Waals surface area contributed by atoms with Gasteiger partial charge in [0.05, 0.1) is 0 Å². The summed E-state index contributed by atoms with van der Waals surface area (Å²) in [6.07, 6.45) is 1.60. The highest BCUT2D eigenvalue weighted by molar-refractivity contribution is 6.07. The van der Waals surface area contributed by atoms with Gasteiger partial charge in [-0.15, -0.1) is 0 Å². The van der Waals surface area contributed by atoms with E-state index in [2.05, 4.69) is 55.3 Å². The molecule has 102 valence electrons. The summed E-state index contributed by atoms with van der Waals surface area (Å²) in [5.74, 6) is 0.679. The molecule has 5 nitrogen and oxygen atoms in total. The van der Waals surface area contributed by atoms with Crippen LogP contribution in [0.25, 0.3) is 0 Å². The standard InChI is InChI=1S/C13H24N4O/c1-9-8-13(6-7-17(9)5)10(18)14-11(16-13)15-12(2,3)4/h9H,6-8H2,1-5H3,(H2,14,15,16,18). The molecule has 5 heteroatoms. The molecule has 0 aliphatic carbocycles. The highest BCUT2D eigenvalue weighted by Gasteiger charge is 2.47. The van der Waals surface area contributed by atoms with Gasteiger partial charge in [0.25, 0.3) is 5.91 Å². The Labute approximate surface area is 109 Å². The topological polar surface area (TPSA) is 56.7 Å². The molecule has 2 aliphatic heterocycles. The Morgan fingerprint density at radius 2 is 2.17 bits per heavy atom. The fourth-order valence-electron chi connectivity index (χ4n) is 2.57. The molecule has 0 saturated carbocycles. The highest BCUT2D eigenvalue weighted by Crippen LogP contribution is 2.32. The zero-order valence-electron chi connectivity index (χ0n) is 12.0. The largest absolute Gasteiger partial charge is 0.351 e. The highest BCUT2D eigenvalue weighted by atomic mass is 16.2. The van der Waals surface area contributed by atoms with Gasteiger partial charge in [-0.1, -0.05) is 0 Å². The van der Waals surface area contributed by atoms with Crippen molar-refractivity contribution in [3.8, 4) is 0 Å². The summed E-state index contributed by atoms with van der Waals surface area (Å²) >= 11 is 0. The summed E-state index contributed by atoms with van der Waals surface area (Å²) < 4.78 is 0. The van der Waals surface area contributed by atoms with Gasteiger partial charge in [-0.3, -0.25) is 10.1 Å². The molecule has 2 N–H and O–H groups in total. The molecule has 0 aromatic carbocycles. The molecule has 0 aromatic rings. The number of hydrogen-bond acceptors (Lipinski definition) is 4. The Morgan fingerprint density at radius 1 is 1.50 bits per heavy atom. The van der Waals surface area contributed by atoms with Crippen molar-refractivity contribution in [3.63, 3.8) is 0 Å². The molecule has 18 heavy (non-hydrogen) atoms. The first kappa shape index (κ1) is 13.3. The average Bonchev–Trinajstić information content (AvgIpc) is 2.47. The van der Waals surface area contributed by atoms with Crippen molar-refractivity contribution >= 4 is 11.9 Å². The van der Waals surface area contributed by atoms with E-state index in [0.717, 1.165) is 19.4 Å². The normalized spacial score (nSPS) is 33.5. The van der Waals surface area contributed by atoms with Crippen LogP contribution in [0.5, 0.6) is 0 Å². The lowest BCUT2D eigenvalue weighted by Gasteiger charge is -2.38. The monoisotopic (exact) mass is 252 g/mol. The molecule has 2 rings (SSSR count). The summed E-state index contributed by atoms with van der Waals surface area (Å²) in [4.78, 5) is 19.1. The molecule has 2 unspecified atom stereocenters. The number of aliphatic imine (C=N–C) groups is 1. The Hall–Kier alpha value is -1.10. The fraction of sp³-hybridized carbons (Fsp3) is 0.846. The van der Waals surface area contributed by atoms with Crippen molar-refractivity contribution in [1.29, 1.82) is 0 Å². The Balaban J connectivity index is 2.16. The van der Waals surface area contributed by atoms with Crippen molar-refractivity contribution in [2.45, 2.75) is 57.7 Å². The second-order valence-electron chi connectivity index (χ2n) is 6.60. The van der Waals surface area contributed by atoms with Crippen LogP contribution >= 0.6 is 0 Å². The summed E-state index contributed by atoms with van der Waals surface area (Å²) in [5.41, 5.74) is -0.631. The lowest BCUT2D eigenvalue weighted by molar-refractivity contribution is -0.125. The number of hydrogen-bond donors (Lipinski definition) is 2. The van der Waals surface area contributed by atoms with Gasteiger partial charge in [0.2, 0.25) is 0 Å². The molecular weight excluding hydrogens is 228 g/mol. The van der Waals surface area contributed by atoms with Crippen LogP contribution in [-0.2, 0) is 4.79 Å². The van der Waals surface area contributed by atoms with Gasteiger partial charge >= 0.3 is 0 Å². The lowest BCUT2D eigenvalue weighted by Crippen LogP contribution is -2.52. The van der Waals surface area contributed by atoms with Crippen molar-refractivity contribution in [2.24, 2.45) is 4.99 Å². The molecule has 2 heterocycles. The second kappa shape index (κ2) is 4.23. The third kappa shape index (κ3) is 2.51. The van der Waals surface area contributed by atoms with E-state index < -0.39 is 5.54 Å². The maximum atomic E-state index is 12.2. The summed E-state index contributed by atoms with van der Waals surface area (Å²) in [5, 5.41) is 6.14. The van der Waals surface area contributed by atoms with Crippen molar-refractivity contribution in [1.82, 2.24) is 15.5 Å². The molecule has 0 bridgehead atoms. The van der Waals surface area contributed by atoms with Crippen LogP contribution in [-0.4, -0.2) is 47.5 Å². The van der Waals surface area contributed by atoms with Crippen LogP contribution in [0.3, 0.4) is 0 Å². The van der Waals surface area contributed by atoms with Crippen LogP contribution in [0, 0.1) is 0 Å². The zero-order valence-corrected chi connectivity index (χ0v) is 12.0. The first-order valence-electron chi connectivity index (χ1n) is 6.62. The van der Waals surface area contributed by atoms with Crippen molar-refractivity contribution < 1.29 is 4.79 Å². The number of rotatable bonds is 0. The van der Waals surface area contributed by atoms with Crippen LogP contribution in [0.2, 0.25) is 0 Å².